The highest BCUT2D eigenvalue weighted by Gasteiger charge is 2.23. The van der Waals surface area contributed by atoms with Gasteiger partial charge in [-0.3, -0.25) is 0 Å². The fourth-order valence-corrected chi connectivity index (χ4v) is 3.49. The summed E-state index contributed by atoms with van der Waals surface area (Å²) in [4.78, 5) is 0. The first-order chi connectivity index (χ1) is 10.1. The van der Waals surface area contributed by atoms with E-state index in [1.807, 2.05) is 0 Å². The maximum absolute atomic E-state index is 14.0. The molecule has 2 N–H and O–H groups in total. The predicted molar refractivity (Wildman–Crippen MR) is 85.1 cm³/mol. The van der Waals surface area contributed by atoms with Gasteiger partial charge in [0.15, 0.2) is 0 Å². The maximum atomic E-state index is 14.0. The molecular weight excluding hydrogens is 285 g/mol. The summed E-state index contributed by atoms with van der Waals surface area (Å²) in [6, 6.07) is 13.0. The van der Waals surface area contributed by atoms with Crippen molar-refractivity contribution in [3.8, 4) is 0 Å². The molecule has 0 heterocycles. The summed E-state index contributed by atoms with van der Waals surface area (Å²) < 4.78 is 14.0. The second-order valence-corrected chi connectivity index (χ2v) is 6.23. The minimum atomic E-state index is -0.306. The normalized spacial score (nSPS) is 19.1. The molecule has 0 saturated heterocycles. The lowest BCUT2D eigenvalue weighted by Crippen LogP contribution is -2.19. The molecule has 3 rings (SSSR count). The predicted octanol–water partition coefficient (Wildman–Crippen LogP) is 4.99. The summed E-state index contributed by atoms with van der Waals surface area (Å²) in [5.41, 5.74) is 9.61. The Hall–Kier alpha value is -1.38. The van der Waals surface area contributed by atoms with Gasteiger partial charge in [0, 0.05) is 16.6 Å². The molecule has 1 aliphatic rings. The summed E-state index contributed by atoms with van der Waals surface area (Å²) in [5.74, 6) is 0.110. The van der Waals surface area contributed by atoms with Gasteiger partial charge in [-0.2, -0.15) is 0 Å². The first-order valence-corrected chi connectivity index (χ1v) is 7.81. The third-order valence-corrected chi connectivity index (χ3v) is 4.63. The zero-order chi connectivity index (χ0) is 14.8. The standard InChI is InChI=1S/C18H19ClFN/c19-14-8-9-16(17(20)11-14)18(21)10-13-6-3-5-12-4-1-2-7-15(12)13/h1-2,4,7-9,11,13,18H,3,5-6,10,21H2. The number of fused-ring (bicyclic) bond motifs is 1. The Morgan fingerprint density at radius 2 is 2.05 bits per heavy atom. The van der Waals surface area contributed by atoms with E-state index in [0.29, 0.717) is 16.5 Å². The summed E-state index contributed by atoms with van der Waals surface area (Å²) in [6.07, 6.45) is 4.21. The SMILES string of the molecule is NC(CC1CCCc2ccccc21)c1ccc(Cl)cc1F. The van der Waals surface area contributed by atoms with E-state index in [9.17, 15) is 4.39 Å². The number of rotatable bonds is 3. The Morgan fingerprint density at radius 1 is 1.24 bits per heavy atom. The van der Waals surface area contributed by atoms with Crippen LogP contribution in [0.25, 0.3) is 0 Å². The summed E-state index contributed by atoms with van der Waals surface area (Å²) in [7, 11) is 0. The molecule has 0 bridgehead atoms. The number of benzene rings is 2. The first kappa shape index (κ1) is 14.6. The summed E-state index contributed by atoms with van der Waals surface area (Å²) >= 11 is 5.80. The van der Waals surface area contributed by atoms with E-state index in [2.05, 4.69) is 24.3 Å². The van der Waals surface area contributed by atoms with Crippen molar-refractivity contribution in [1.82, 2.24) is 0 Å². The van der Waals surface area contributed by atoms with Gasteiger partial charge in [-0.05, 0) is 54.9 Å². The van der Waals surface area contributed by atoms with Crippen molar-refractivity contribution < 1.29 is 4.39 Å². The minimum Gasteiger partial charge on any atom is -0.324 e. The van der Waals surface area contributed by atoms with E-state index in [0.717, 1.165) is 19.3 Å². The van der Waals surface area contributed by atoms with Crippen molar-refractivity contribution >= 4 is 11.6 Å². The van der Waals surface area contributed by atoms with Gasteiger partial charge in [0.1, 0.15) is 5.82 Å². The average molecular weight is 304 g/mol. The van der Waals surface area contributed by atoms with Crippen LogP contribution in [0.2, 0.25) is 5.02 Å². The molecule has 1 aliphatic carbocycles. The number of aryl methyl sites for hydroxylation is 1. The van der Waals surface area contributed by atoms with E-state index >= 15 is 0 Å². The Morgan fingerprint density at radius 3 is 2.86 bits per heavy atom. The molecule has 2 atom stereocenters. The minimum absolute atomic E-state index is 0.293. The highest BCUT2D eigenvalue weighted by Crippen LogP contribution is 2.37. The molecule has 0 aromatic heterocycles. The van der Waals surface area contributed by atoms with Crippen LogP contribution in [0.15, 0.2) is 42.5 Å². The fraction of sp³-hybridized carbons (Fsp3) is 0.333. The molecule has 1 nitrogen and oxygen atoms in total. The quantitative estimate of drug-likeness (QED) is 0.849. The molecule has 3 heteroatoms. The highest BCUT2D eigenvalue weighted by atomic mass is 35.5. The first-order valence-electron chi connectivity index (χ1n) is 7.43. The van der Waals surface area contributed by atoms with Crippen molar-refractivity contribution in [1.29, 1.82) is 0 Å². The van der Waals surface area contributed by atoms with Crippen molar-refractivity contribution in [3.63, 3.8) is 0 Å². The third kappa shape index (κ3) is 3.12. The summed E-state index contributed by atoms with van der Waals surface area (Å²) in [5, 5.41) is 0.409. The average Bonchev–Trinajstić information content (AvgIpc) is 2.47. The van der Waals surface area contributed by atoms with E-state index in [4.69, 9.17) is 17.3 Å². The number of hydrogen-bond donors (Lipinski definition) is 1. The van der Waals surface area contributed by atoms with Crippen molar-refractivity contribution in [2.45, 2.75) is 37.6 Å². The molecule has 21 heavy (non-hydrogen) atoms. The van der Waals surface area contributed by atoms with E-state index in [-0.39, 0.29) is 11.9 Å². The second-order valence-electron chi connectivity index (χ2n) is 5.80. The molecule has 2 aromatic carbocycles. The third-order valence-electron chi connectivity index (χ3n) is 4.39. The molecule has 2 aromatic rings. The summed E-state index contributed by atoms with van der Waals surface area (Å²) in [6.45, 7) is 0. The van der Waals surface area contributed by atoms with Gasteiger partial charge in [0.25, 0.3) is 0 Å². The van der Waals surface area contributed by atoms with Gasteiger partial charge in [-0.25, -0.2) is 4.39 Å². The van der Waals surface area contributed by atoms with Crippen LogP contribution in [0, 0.1) is 5.82 Å². The Kier molecular flexibility index (Phi) is 4.27. The van der Waals surface area contributed by atoms with Crippen LogP contribution in [-0.2, 0) is 6.42 Å². The van der Waals surface area contributed by atoms with Crippen molar-refractivity contribution in [2.24, 2.45) is 5.73 Å². The largest absolute Gasteiger partial charge is 0.324 e. The number of halogens is 2. The lowest BCUT2D eigenvalue weighted by Gasteiger charge is -2.28. The van der Waals surface area contributed by atoms with E-state index in [1.165, 1.54) is 23.6 Å². The smallest absolute Gasteiger partial charge is 0.129 e. The van der Waals surface area contributed by atoms with Crippen LogP contribution in [0.5, 0.6) is 0 Å². The number of hydrogen-bond acceptors (Lipinski definition) is 1. The van der Waals surface area contributed by atoms with Crippen LogP contribution in [0.1, 0.15) is 47.9 Å². The molecule has 0 aliphatic heterocycles. The zero-order valence-electron chi connectivity index (χ0n) is 11.9. The molecule has 0 spiro atoms. The van der Waals surface area contributed by atoms with Gasteiger partial charge >= 0.3 is 0 Å². The number of nitrogens with two attached hydrogens (primary N) is 1. The Bertz CT molecular complexity index is 641. The van der Waals surface area contributed by atoms with E-state index < -0.39 is 0 Å². The molecule has 0 fully saturated rings. The Balaban J connectivity index is 1.81. The molecule has 0 saturated carbocycles. The van der Waals surface area contributed by atoms with Gasteiger partial charge < -0.3 is 5.73 Å². The van der Waals surface area contributed by atoms with Crippen molar-refractivity contribution in [2.75, 3.05) is 0 Å². The topological polar surface area (TPSA) is 26.0 Å². The van der Waals surface area contributed by atoms with Crippen LogP contribution in [-0.4, -0.2) is 0 Å². The molecule has 0 amide bonds. The maximum Gasteiger partial charge on any atom is 0.129 e. The molecule has 0 radical (unpaired) electrons. The van der Waals surface area contributed by atoms with Crippen LogP contribution in [0.4, 0.5) is 4.39 Å². The van der Waals surface area contributed by atoms with Crippen LogP contribution < -0.4 is 5.73 Å². The lowest BCUT2D eigenvalue weighted by atomic mass is 9.79. The molecular formula is C18H19ClFN. The lowest BCUT2D eigenvalue weighted by molar-refractivity contribution is 0.465. The fourth-order valence-electron chi connectivity index (χ4n) is 3.34. The van der Waals surface area contributed by atoms with Crippen LogP contribution in [0.3, 0.4) is 0 Å². The van der Waals surface area contributed by atoms with Gasteiger partial charge in [-0.15, -0.1) is 0 Å². The highest BCUT2D eigenvalue weighted by molar-refractivity contribution is 6.30. The molecule has 2 unspecified atom stereocenters. The van der Waals surface area contributed by atoms with Gasteiger partial charge in [0.2, 0.25) is 0 Å². The second kappa shape index (κ2) is 6.17. The molecule has 110 valence electrons. The van der Waals surface area contributed by atoms with Crippen LogP contribution >= 0.6 is 11.6 Å². The van der Waals surface area contributed by atoms with Gasteiger partial charge in [0.05, 0.1) is 0 Å². The Labute approximate surface area is 129 Å². The van der Waals surface area contributed by atoms with Crippen molar-refractivity contribution in [3.05, 3.63) is 70.0 Å². The zero-order valence-corrected chi connectivity index (χ0v) is 12.6. The van der Waals surface area contributed by atoms with E-state index in [1.54, 1.807) is 12.1 Å². The van der Waals surface area contributed by atoms with Gasteiger partial charge in [-0.1, -0.05) is 41.9 Å². The monoisotopic (exact) mass is 303 g/mol.